The van der Waals surface area contributed by atoms with E-state index in [9.17, 15) is 0 Å². The predicted octanol–water partition coefficient (Wildman–Crippen LogP) is 13.1. The first-order valence-electron chi connectivity index (χ1n) is 18.7. The zero-order valence-corrected chi connectivity index (χ0v) is 37.7. The van der Waals surface area contributed by atoms with Crippen molar-refractivity contribution in [3.63, 3.8) is 0 Å². The number of nitrogens with zero attached hydrogens (tertiary/aromatic N) is 4. The molecule has 0 saturated heterocycles. The third kappa shape index (κ3) is 13.7. The molecule has 0 aliphatic rings. The molecular formula is C44H76N4O4. The SMILES string of the molecule is CC(C)(C)c1cnoc1C(C)(C)C.CC(C)(C)c1cnoc1C(C)(C)C.CC(C)(C)c1conc1C(C)(C)C.CC(C)(C)c1conc1C(C)(C)C. The second kappa shape index (κ2) is 16.1. The summed E-state index contributed by atoms with van der Waals surface area (Å²) in [4.78, 5) is 0. The fraction of sp³-hybridized carbons (Fsp3) is 0.727. The van der Waals surface area contributed by atoms with Crippen molar-refractivity contribution in [1.82, 2.24) is 20.6 Å². The van der Waals surface area contributed by atoms with E-state index >= 15 is 0 Å². The third-order valence-electron chi connectivity index (χ3n) is 8.30. The van der Waals surface area contributed by atoms with Gasteiger partial charge in [0, 0.05) is 43.9 Å². The summed E-state index contributed by atoms with van der Waals surface area (Å²) in [5, 5.41) is 15.9. The zero-order valence-electron chi connectivity index (χ0n) is 37.7. The second-order valence-corrected chi connectivity index (χ2v) is 22.3. The average molecular weight is 725 g/mol. The summed E-state index contributed by atoms with van der Waals surface area (Å²) in [6.45, 7) is 51.9. The van der Waals surface area contributed by atoms with Gasteiger partial charge in [-0.1, -0.05) is 187 Å². The van der Waals surface area contributed by atoms with Gasteiger partial charge in [0.05, 0.1) is 23.8 Å². The number of hydrogen-bond donors (Lipinski definition) is 0. The van der Waals surface area contributed by atoms with Crippen LogP contribution in [-0.2, 0) is 43.3 Å². The van der Waals surface area contributed by atoms with Crippen LogP contribution >= 0.6 is 0 Å². The standard InChI is InChI=1S/4C11H19NO/c2*1-10(2,3)8-7-13-12-9(8)11(4,5)6;2*1-10(2,3)8-7-12-13-9(8)11(4,5)6/h4*7H,1-6H3. The lowest BCUT2D eigenvalue weighted by Gasteiger charge is -2.23. The Balaban J connectivity index is 0.000000347. The summed E-state index contributed by atoms with van der Waals surface area (Å²) >= 11 is 0. The Bertz CT molecular complexity index is 1280. The van der Waals surface area contributed by atoms with Gasteiger partial charge in [0.25, 0.3) is 0 Å². The monoisotopic (exact) mass is 725 g/mol. The number of rotatable bonds is 0. The third-order valence-corrected chi connectivity index (χ3v) is 8.30. The van der Waals surface area contributed by atoms with Crippen LogP contribution in [0.3, 0.4) is 0 Å². The molecule has 0 bridgehead atoms. The van der Waals surface area contributed by atoms with Crippen LogP contribution in [0.2, 0.25) is 0 Å². The predicted molar refractivity (Wildman–Crippen MR) is 216 cm³/mol. The van der Waals surface area contributed by atoms with Crippen molar-refractivity contribution in [3.8, 4) is 0 Å². The first-order valence-corrected chi connectivity index (χ1v) is 18.7. The van der Waals surface area contributed by atoms with Crippen molar-refractivity contribution in [2.75, 3.05) is 0 Å². The molecule has 0 fully saturated rings. The molecule has 0 saturated carbocycles. The average Bonchev–Trinajstić information content (AvgIpc) is 3.72. The minimum atomic E-state index is 0.0408. The normalized spacial score (nSPS) is 13.4. The van der Waals surface area contributed by atoms with E-state index in [0.717, 1.165) is 22.9 Å². The van der Waals surface area contributed by atoms with Crippen molar-refractivity contribution in [2.45, 2.75) is 209 Å². The lowest BCUT2D eigenvalue weighted by Crippen LogP contribution is -2.20. The maximum atomic E-state index is 5.31. The van der Waals surface area contributed by atoms with E-state index in [1.807, 2.05) is 12.4 Å². The molecule has 52 heavy (non-hydrogen) atoms. The minimum Gasteiger partial charge on any atom is -0.364 e. The molecule has 4 rings (SSSR count). The molecule has 8 heteroatoms. The van der Waals surface area contributed by atoms with Crippen LogP contribution in [0.5, 0.6) is 0 Å². The molecule has 0 unspecified atom stereocenters. The first kappa shape index (κ1) is 46.9. The van der Waals surface area contributed by atoms with Gasteiger partial charge < -0.3 is 18.1 Å². The molecular weight excluding hydrogens is 649 g/mol. The van der Waals surface area contributed by atoms with E-state index in [2.05, 4.69) is 187 Å². The Hall–Kier alpha value is -3.16. The fourth-order valence-corrected chi connectivity index (χ4v) is 5.25. The van der Waals surface area contributed by atoms with E-state index in [-0.39, 0.29) is 43.3 Å². The first-order chi connectivity index (χ1) is 22.9. The van der Waals surface area contributed by atoms with Gasteiger partial charge in [-0.15, -0.1) is 0 Å². The zero-order chi connectivity index (χ0) is 41.1. The molecule has 4 aromatic heterocycles. The second-order valence-electron chi connectivity index (χ2n) is 22.3. The van der Waals surface area contributed by atoms with E-state index in [1.165, 1.54) is 22.3 Å². The maximum absolute atomic E-state index is 5.31. The van der Waals surface area contributed by atoms with Crippen molar-refractivity contribution >= 4 is 0 Å². The summed E-state index contributed by atoms with van der Waals surface area (Å²) < 4.78 is 20.7. The van der Waals surface area contributed by atoms with Crippen LogP contribution in [0, 0.1) is 0 Å². The molecule has 0 amide bonds. The van der Waals surface area contributed by atoms with E-state index in [1.54, 1.807) is 12.5 Å². The Kier molecular flexibility index (Phi) is 14.5. The molecule has 0 N–H and O–H groups in total. The van der Waals surface area contributed by atoms with E-state index < -0.39 is 0 Å². The Morgan fingerprint density at radius 2 is 0.577 bits per heavy atom. The highest BCUT2D eigenvalue weighted by Gasteiger charge is 2.32. The largest absolute Gasteiger partial charge is 0.364 e. The molecule has 296 valence electrons. The van der Waals surface area contributed by atoms with Crippen molar-refractivity contribution in [3.05, 3.63) is 70.1 Å². The van der Waals surface area contributed by atoms with Gasteiger partial charge in [-0.05, 0) is 21.7 Å². The van der Waals surface area contributed by atoms with Crippen LogP contribution in [0.1, 0.15) is 211 Å². The van der Waals surface area contributed by atoms with Gasteiger partial charge in [-0.25, -0.2) is 0 Å². The topological polar surface area (TPSA) is 104 Å². The highest BCUT2D eigenvalue weighted by Crippen LogP contribution is 2.36. The van der Waals surface area contributed by atoms with Gasteiger partial charge in [-0.3, -0.25) is 0 Å². The summed E-state index contributed by atoms with van der Waals surface area (Å²) in [6.07, 6.45) is 7.20. The highest BCUT2D eigenvalue weighted by molar-refractivity contribution is 5.30. The highest BCUT2D eigenvalue weighted by atomic mass is 16.5. The molecule has 0 aliphatic carbocycles. The lowest BCUT2D eigenvalue weighted by molar-refractivity contribution is 0.322. The van der Waals surface area contributed by atoms with E-state index in [0.29, 0.717) is 0 Å². The number of hydrogen-bond acceptors (Lipinski definition) is 8. The van der Waals surface area contributed by atoms with Crippen LogP contribution in [0.4, 0.5) is 0 Å². The molecule has 0 aromatic carbocycles. The fourth-order valence-electron chi connectivity index (χ4n) is 5.25. The van der Waals surface area contributed by atoms with Crippen LogP contribution in [0.15, 0.2) is 43.0 Å². The van der Waals surface area contributed by atoms with Crippen LogP contribution in [-0.4, -0.2) is 20.6 Å². The molecule has 0 radical (unpaired) electrons. The van der Waals surface area contributed by atoms with Gasteiger partial charge in [0.2, 0.25) is 0 Å². The summed E-state index contributed by atoms with van der Waals surface area (Å²) in [5.74, 6) is 2.00. The molecule has 0 spiro atoms. The van der Waals surface area contributed by atoms with E-state index in [4.69, 9.17) is 18.1 Å². The quantitative estimate of drug-likeness (QED) is 0.176. The van der Waals surface area contributed by atoms with Crippen LogP contribution < -0.4 is 0 Å². The summed E-state index contributed by atoms with van der Waals surface area (Å²) in [7, 11) is 0. The van der Waals surface area contributed by atoms with Crippen molar-refractivity contribution < 1.29 is 18.1 Å². The van der Waals surface area contributed by atoms with Gasteiger partial charge in [0.1, 0.15) is 24.0 Å². The smallest absolute Gasteiger partial charge is 0.145 e. The lowest BCUT2D eigenvalue weighted by atomic mass is 9.80. The Morgan fingerprint density at radius 1 is 0.327 bits per heavy atom. The summed E-state index contributed by atoms with van der Waals surface area (Å²) in [5.41, 5.74) is 7.64. The molecule has 4 aromatic rings. The maximum Gasteiger partial charge on any atom is 0.145 e. The van der Waals surface area contributed by atoms with Crippen molar-refractivity contribution in [2.24, 2.45) is 0 Å². The Labute approximate surface area is 317 Å². The minimum absolute atomic E-state index is 0.0408. The van der Waals surface area contributed by atoms with Gasteiger partial charge >= 0.3 is 0 Å². The van der Waals surface area contributed by atoms with Gasteiger partial charge in [0.15, 0.2) is 0 Å². The number of aromatic nitrogens is 4. The molecule has 0 atom stereocenters. The molecule has 0 aliphatic heterocycles. The summed E-state index contributed by atoms with van der Waals surface area (Å²) in [6, 6.07) is 0. The van der Waals surface area contributed by atoms with Crippen LogP contribution in [0.25, 0.3) is 0 Å². The van der Waals surface area contributed by atoms with Gasteiger partial charge in [-0.2, -0.15) is 0 Å². The Morgan fingerprint density at radius 3 is 0.731 bits per heavy atom. The molecule has 8 nitrogen and oxygen atoms in total. The molecule has 4 heterocycles. The van der Waals surface area contributed by atoms with Crippen molar-refractivity contribution in [1.29, 1.82) is 0 Å².